The lowest BCUT2D eigenvalue weighted by molar-refractivity contribution is 0.475. The molecule has 1 aromatic rings. The second kappa shape index (κ2) is 1.65. The summed E-state index contributed by atoms with van der Waals surface area (Å²) in [4.78, 5) is 0. The fraction of sp³-hybridized carbons (Fsp3) is 0. The van der Waals surface area contributed by atoms with Crippen molar-refractivity contribution in [1.29, 1.82) is 0 Å². The van der Waals surface area contributed by atoms with Crippen molar-refractivity contribution >= 4 is 0 Å². The molecule has 0 aliphatic heterocycles. The fourth-order valence-corrected chi connectivity index (χ4v) is 0.384. The minimum Gasteiger partial charge on any atom is -0.508 e. The van der Waals surface area contributed by atoms with Crippen molar-refractivity contribution < 1.29 is 6.48 Å². The summed E-state index contributed by atoms with van der Waals surface area (Å²) in [6.45, 7) is 0. The predicted octanol–water partition coefficient (Wildman–Crippen LogP) is 1.39. The maximum atomic E-state index is 8.69. The lowest BCUT2D eigenvalue weighted by atomic mass is 10.3. The fourth-order valence-electron chi connectivity index (χ4n) is 0.384. The lowest BCUT2D eigenvalue weighted by Crippen LogP contribution is -1.56. The molecule has 1 aromatic carbocycles. The first kappa shape index (κ1) is 3.08. The van der Waals surface area contributed by atoms with E-state index in [1.165, 1.54) is 12.1 Å². The molecule has 0 aromatic heterocycles. The number of rotatable bonds is 0. The Hall–Kier alpha value is -0.980. The maximum Gasteiger partial charge on any atom is 0.115 e. The molecule has 0 aliphatic rings. The molecular weight excluding hydrogens is 88.1 g/mol. The number of hydrogen-bond donors (Lipinski definition) is 1. The summed E-state index contributed by atoms with van der Waals surface area (Å²) in [5.41, 5.74) is 0. The van der Waals surface area contributed by atoms with Crippen LogP contribution in [0, 0.1) is 0 Å². The Morgan fingerprint density at radius 2 is 2.29 bits per heavy atom. The minimum absolute atomic E-state index is 0.150. The largest absolute Gasteiger partial charge is 0.508 e. The molecule has 0 spiro atoms. The van der Waals surface area contributed by atoms with Gasteiger partial charge in [0.15, 0.2) is 0 Å². The highest BCUT2D eigenvalue weighted by Crippen LogP contribution is 2.02. The SMILES string of the molecule is [2H]c1cccc(O)c1. The monoisotopic (exact) mass is 95.0 g/mol. The molecule has 7 heavy (non-hydrogen) atoms. The van der Waals surface area contributed by atoms with Gasteiger partial charge in [-0.15, -0.1) is 0 Å². The molecule has 36 valence electrons. The van der Waals surface area contributed by atoms with Crippen LogP contribution >= 0.6 is 0 Å². The molecule has 1 rings (SSSR count). The molecule has 1 heteroatoms. The summed E-state index contributed by atoms with van der Waals surface area (Å²) in [6.07, 6.45) is 0. The molecule has 0 unspecified atom stereocenters. The van der Waals surface area contributed by atoms with Gasteiger partial charge in [-0.2, -0.15) is 0 Å². The van der Waals surface area contributed by atoms with Crippen molar-refractivity contribution in [2.24, 2.45) is 0 Å². The van der Waals surface area contributed by atoms with Crippen molar-refractivity contribution in [1.82, 2.24) is 0 Å². The van der Waals surface area contributed by atoms with E-state index in [9.17, 15) is 0 Å². The van der Waals surface area contributed by atoms with Crippen LogP contribution in [0.4, 0.5) is 0 Å². The highest BCUT2D eigenvalue weighted by atomic mass is 16.3. The Balaban J connectivity index is 3.08. The van der Waals surface area contributed by atoms with Crippen molar-refractivity contribution in [3.05, 3.63) is 30.3 Å². The maximum absolute atomic E-state index is 8.69. The van der Waals surface area contributed by atoms with E-state index in [1.807, 2.05) is 0 Å². The Kier molecular flexibility index (Phi) is 0.724. The first-order valence-corrected chi connectivity index (χ1v) is 2.04. The average Bonchev–Trinajstić information content (AvgIpc) is 1.64. The topological polar surface area (TPSA) is 20.2 Å². The Morgan fingerprint density at radius 3 is 2.71 bits per heavy atom. The van der Waals surface area contributed by atoms with Crippen LogP contribution < -0.4 is 0 Å². The van der Waals surface area contributed by atoms with Gasteiger partial charge in [0.05, 0.1) is 1.37 Å². The first-order valence-electron chi connectivity index (χ1n) is 2.54. The minimum atomic E-state index is 0.150. The van der Waals surface area contributed by atoms with E-state index in [1.54, 1.807) is 12.1 Å². The Labute approximate surface area is 43.6 Å². The van der Waals surface area contributed by atoms with Crippen molar-refractivity contribution in [2.45, 2.75) is 0 Å². The molecule has 0 saturated carbocycles. The summed E-state index contributed by atoms with van der Waals surface area (Å²) in [6, 6.07) is 6.51. The van der Waals surface area contributed by atoms with Crippen LogP contribution in [0.15, 0.2) is 30.3 Å². The van der Waals surface area contributed by atoms with Crippen LogP contribution in [0.1, 0.15) is 1.37 Å². The van der Waals surface area contributed by atoms with Gasteiger partial charge in [0, 0.05) is 0 Å². The summed E-state index contributed by atoms with van der Waals surface area (Å²) < 4.78 is 6.98. The number of aromatic hydroxyl groups is 1. The zero-order valence-electron chi connectivity index (χ0n) is 4.76. The Morgan fingerprint density at radius 1 is 1.43 bits per heavy atom. The third-order valence-electron chi connectivity index (χ3n) is 0.691. The van der Waals surface area contributed by atoms with Gasteiger partial charge >= 0.3 is 0 Å². The van der Waals surface area contributed by atoms with E-state index in [0.717, 1.165) is 0 Å². The van der Waals surface area contributed by atoms with Gasteiger partial charge in [-0.05, 0) is 12.1 Å². The van der Waals surface area contributed by atoms with Gasteiger partial charge in [0.2, 0.25) is 0 Å². The molecular formula is C6H6O. The number of hydrogen-bond acceptors (Lipinski definition) is 1. The summed E-state index contributed by atoms with van der Waals surface area (Å²) >= 11 is 0. The van der Waals surface area contributed by atoms with Crippen LogP contribution in [0.3, 0.4) is 0 Å². The summed E-state index contributed by atoms with van der Waals surface area (Å²) in [5.74, 6) is 0.150. The zero-order chi connectivity index (χ0) is 5.98. The first-order chi connectivity index (χ1) is 3.79. The summed E-state index contributed by atoms with van der Waals surface area (Å²) in [7, 11) is 0. The molecule has 1 nitrogen and oxygen atoms in total. The van der Waals surface area contributed by atoms with E-state index in [2.05, 4.69) is 0 Å². The van der Waals surface area contributed by atoms with Crippen molar-refractivity contribution in [2.75, 3.05) is 0 Å². The molecule has 0 radical (unpaired) electrons. The Bertz CT molecular complexity index is 168. The van der Waals surface area contributed by atoms with Crippen molar-refractivity contribution in [3.63, 3.8) is 0 Å². The highest BCUT2D eigenvalue weighted by Gasteiger charge is 1.74. The van der Waals surface area contributed by atoms with Crippen LogP contribution in [0.25, 0.3) is 0 Å². The third-order valence-corrected chi connectivity index (χ3v) is 0.691. The molecule has 0 atom stereocenters. The normalized spacial score (nSPS) is 10.6. The lowest BCUT2D eigenvalue weighted by Gasteiger charge is -1.82. The second-order valence-corrected chi connectivity index (χ2v) is 1.26. The van der Waals surface area contributed by atoms with E-state index in [0.29, 0.717) is 6.04 Å². The smallest absolute Gasteiger partial charge is 0.115 e. The van der Waals surface area contributed by atoms with Crippen molar-refractivity contribution in [3.8, 4) is 5.75 Å². The van der Waals surface area contributed by atoms with Crippen LogP contribution in [-0.2, 0) is 0 Å². The van der Waals surface area contributed by atoms with E-state index in [-0.39, 0.29) is 5.75 Å². The number of phenolic OH excluding ortho intramolecular Hbond substituents is 1. The van der Waals surface area contributed by atoms with E-state index < -0.39 is 0 Å². The predicted molar refractivity (Wildman–Crippen MR) is 28.1 cm³/mol. The van der Waals surface area contributed by atoms with Crippen LogP contribution in [0.5, 0.6) is 5.75 Å². The second-order valence-electron chi connectivity index (χ2n) is 1.26. The van der Waals surface area contributed by atoms with Gasteiger partial charge in [0.25, 0.3) is 0 Å². The average molecular weight is 95.1 g/mol. The number of phenols is 1. The molecule has 0 saturated heterocycles. The van der Waals surface area contributed by atoms with Gasteiger partial charge < -0.3 is 5.11 Å². The molecule has 0 bridgehead atoms. The van der Waals surface area contributed by atoms with Gasteiger partial charge in [-0.1, -0.05) is 18.2 Å². The van der Waals surface area contributed by atoms with Gasteiger partial charge in [0.1, 0.15) is 5.75 Å². The zero-order valence-corrected chi connectivity index (χ0v) is 3.76. The standard InChI is InChI=1S/C6H6O/c7-6-4-2-1-3-5-6/h1-5,7H/i2D. The number of benzene rings is 1. The summed E-state index contributed by atoms with van der Waals surface area (Å²) in [5, 5.41) is 8.69. The van der Waals surface area contributed by atoms with Gasteiger partial charge in [-0.3, -0.25) is 0 Å². The highest BCUT2D eigenvalue weighted by molar-refractivity contribution is 5.18. The number of para-hydroxylation sites is 1. The third kappa shape index (κ3) is 0.929. The molecule has 0 aliphatic carbocycles. The molecule has 1 N–H and O–H groups in total. The molecule has 0 amide bonds. The van der Waals surface area contributed by atoms with Crippen LogP contribution in [0.2, 0.25) is 0 Å². The van der Waals surface area contributed by atoms with E-state index in [4.69, 9.17) is 6.48 Å². The molecule has 0 heterocycles. The van der Waals surface area contributed by atoms with E-state index >= 15 is 0 Å². The molecule has 0 fully saturated rings. The van der Waals surface area contributed by atoms with Crippen LogP contribution in [-0.4, -0.2) is 5.11 Å². The quantitative estimate of drug-likeness (QED) is 0.516. The van der Waals surface area contributed by atoms with Gasteiger partial charge in [-0.25, -0.2) is 0 Å².